The number of hydrogen-bond acceptors (Lipinski definition) is 12. The molecule has 15 nitrogen and oxygen atoms in total. The van der Waals surface area contributed by atoms with Crippen molar-refractivity contribution in [1.82, 2.24) is 53.7 Å². The van der Waals surface area contributed by atoms with Crippen LogP contribution in [-0.2, 0) is 34.0 Å². The van der Waals surface area contributed by atoms with E-state index in [4.69, 9.17) is 4.42 Å². The number of rotatable bonds is 0. The third-order valence-electron chi connectivity index (χ3n) is 19.3. The molecule has 2 aliphatic rings. The Labute approximate surface area is 791 Å². The molecular formula is C114H153N11O4S2. The Kier molecular flexibility index (Phi) is 58.0. The smallest absolute Gasteiger partial charge is 0.271 e. The first-order valence-corrected chi connectivity index (χ1v) is 49.1. The van der Waals surface area contributed by atoms with Crippen LogP contribution in [0.5, 0.6) is 0 Å². The average molecular weight is 1810 g/mol. The second-order valence-electron chi connectivity index (χ2n) is 27.9. The maximum absolute atomic E-state index is 11.5. The van der Waals surface area contributed by atoms with Crippen LogP contribution in [0.15, 0.2) is 292 Å². The highest BCUT2D eigenvalue weighted by atomic mass is 32.1. The fraction of sp³-hybridized carbons (Fsp3) is 0.333. The van der Waals surface area contributed by atoms with Gasteiger partial charge < -0.3 is 28.0 Å². The van der Waals surface area contributed by atoms with Crippen molar-refractivity contribution in [2.45, 2.75) is 219 Å². The lowest BCUT2D eigenvalue weighted by atomic mass is 9.91. The quantitative estimate of drug-likeness (QED) is 0.148. The third-order valence-corrected chi connectivity index (χ3v) is 21.5. The first-order valence-electron chi connectivity index (χ1n) is 47.4. The maximum Gasteiger partial charge on any atom is 0.271 e. The summed E-state index contributed by atoms with van der Waals surface area (Å²) in [5.41, 5.74) is 16.1. The molecule has 1 saturated heterocycles. The number of aromatic amines is 2. The standard InChI is InChI=1S/C13H10O.C13H10S.C11H14.C11H10.C10H9N.C9H8N2O.C9H9N.C7H6N2OS.C6H6N4O.C5H11N.10C2H6/c2*1-9-5-4-7-11-10-6-2-3-8-12(10)14-13(9)11;2*1-9-6-7-10-4-2-3-5-11(10)8-9;1-8-6-9-4-2-3-5-10(9)7-11-8;1-11-6-10-8-5-3-2-4-7(8)9(11)12;1-7-2-3-9-8(6-7)4-5-10-9;1-9-4-8-5-2-3-11-6(5)7(9)10;1-10-3-7-5-4(6(10)11)2-8-9-5;1-6-4-2-3-5-6;10*1-2/h2*2-8H,1H3;6-8H,2-5H2,1H3;2-8H,1H3;2-7H,1H3;2-6H,1H3;2-6,10H,1H3;2-4H,1H3;2-3H,1H3,(H,8,9);2-5H2,1H3;10*1-2H3. The molecule has 10 heterocycles. The average Bonchev–Trinajstić information content (AvgIpc) is 1.64. The second kappa shape index (κ2) is 66.1. The van der Waals surface area contributed by atoms with Crippen LogP contribution in [0.4, 0.5) is 0 Å². The Morgan fingerprint density at radius 2 is 0.847 bits per heavy atom. The maximum atomic E-state index is 11.5. The van der Waals surface area contributed by atoms with Crippen LogP contribution in [-0.4, -0.2) is 73.9 Å². The van der Waals surface area contributed by atoms with Crippen molar-refractivity contribution in [2.24, 2.45) is 21.1 Å². The Morgan fingerprint density at radius 3 is 1.48 bits per heavy atom. The Morgan fingerprint density at radius 1 is 0.359 bits per heavy atom. The topological polar surface area (TPSA) is 178 Å². The molecule has 0 radical (unpaired) electrons. The second-order valence-corrected chi connectivity index (χ2v) is 29.9. The summed E-state index contributed by atoms with van der Waals surface area (Å²) < 4.78 is 13.7. The van der Waals surface area contributed by atoms with Gasteiger partial charge >= 0.3 is 0 Å². The van der Waals surface area contributed by atoms with Crippen LogP contribution >= 0.6 is 22.7 Å². The molecule has 19 aromatic rings. The van der Waals surface area contributed by atoms with Crippen molar-refractivity contribution in [2.75, 3.05) is 20.1 Å². The number of nitrogens with one attached hydrogen (secondary N) is 2. The van der Waals surface area contributed by atoms with E-state index in [0.717, 1.165) is 32.6 Å². The number of benzene rings is 10. The van der Waals surface area contributed by atoms with Crippen molar-refractivity contribution >= 4 is 129 Å². The molecule has 1 fully saturated rings. The molecule has 0 saturated carbocycles. The molecule has 0 bridgehead atoms. The van der Waals surface area contributed by atoms with E-state index in [1.807, 2.05) is 229 Å². The minimum atomic E-state index is -0.0799. The summed E-state index contributed by atoms with van der Waals surface area (Å²) in [6.45, 7) is 55.3. The van der Waals surface area contributed by atoms with E-state index in [1.54, 1.807) is 38.3 Å². The van der Waals surface area contributed by atoms with Crippen LogP contribution in [0.1, 0.15) is 209 Å². The van der Waals surface area contributed by atoms with Crippen LogP contribution < -0.4 is 16.7 Å². The predicted molar refractivity (Wildman–Crippen MR) is 580 cm³/mol. The van der Waals surface area contributed by atoms with Gasteiger partial charge in [0.2, 0.25) is 0 Å². The van der Waals surface area contributed by atoms with E-state index in [9.17, 15) is 14.4 Å². The van der Waals surface area contributed by atoms with Crippen molar-refractivity contribution in [3.63, 3.8) is 0 Å². The number of nitrogens with zero attached hydrogens (tertiary/aromatic N) is 9. The van der Waals surface area contributed by atoms with Crippen LogP contribution in [0.2, 0.25) is 0 Å². The minimum absolute atomic E-state index is 0.000556. The molecule has 17 heteroatoms. The van der Waals surface area contributed by atoms with Gasteiger partial charge in [-0.3, -0.25) is 24.5 Å². The van der Waals surface area contributed by atoms with Crippen molar-refractivity contribution < 1.29 is 4.42 Å². The van der Waals surface area contributed by atoms with Gasteiger partial charge in [0.1, 0.15) is 21.3 Å². The first-order chi connectivity index (χ1) is 63.9. The van der Waals surface area contributed by atoms with E-state index in [2.05, 4.69) is 252 Å². The van der Waals surface area contributed by atoms with Crippen molar-refractivity contribution in [3.05, 3.63) is 349 Å². The summed E-state index contributed by atoms with van der Waals surface area (Å²) in [7, 11) is 7.23. The molecule has 131 heavy (non-hydrogen) atoms. The van der Waals surface area contributed by atoms with E-state index < -0.39 is 0 Å². The van der Waals surface area contributed by atoms with Crippen LogP contribution in [0.25, 0.3) is 107 Å². The molecule has 0 atom stereocenters. The number of aromatic nitrogens is 10. The minimum Gasteiger partial charge on any atom is -0.456 e. The van der Waals surface area contributed by atoms with Crippen molar-refractivity contribution in [3.8, 4) is 0 Å². The lowest BCUT2D eigenvalue weighted by Crippen LogP contribution is -2.16. The summed E-state index contributed by atoms with van der Waals surface area (Å²) in [6, 6.07) is 79.3. The van der Waals surface area contributed by atoms with Gasteiger partial charge in [0, 0.05) is 81.1 Å². The van der Waals surface area contributed by atoms with Gasteiger partial charge in [-0.05, 0) is 204 Å². The molecule has 0 unspecified atom stereocenters. The van der Waals surface area contributed by atoms with Gasteiger partial charge in [0.05, 0.1) is 41.6 Å². The molecule has 2 N–H and O–H groups in total. The number of para-hydroxylation sites is 3. The van der Waals surface area contributed by atoms with Crippen molar-refractivity contribution in [1.29, 1.82) is 0 Å². The first kappa shape index (κ1) is 115. The van der Waals surface area contributed by atoms with E-state index in [0.29, 0.717) is 16.4 Å². The SMILES string of the molecule is CC.CC.CC.CC.CC.CC.CC.CC.CC.CC.CN1CCCC1.Cc1cc2ccccc2cn1.Cc1ccc2[nH]ccc2c1.Cc1ccc2c(c1)CCCC2.Cc1ccc2ccccc2c1.Cc1cccc2c1oc1ccccc12.Cc1cccc2c1sc1ccccc12.Cn1cnc2[nH]ncc2c1=O.Cn1cnc2ccccc2c1=O.Cn1cnc2ccsc2c1=O. The van der Waals surface area contributed by atoms with Gasteiger partial charge in [0.15, 0.2) is 5.65 Å². The number of pyridine rings is 1. The zero-order valence-electron chi connectivity index (χ0n) is 84.6. The lowest BCUT2D eigenvalue weighted by Gasteiger charge is -2.15. The zero-order chi connectivity index (χ0) is 97.8. The molecule has 21 rings (SSSR count). The molecule has 1 aliphatic heterocycles. The molecule has 9 aromatic heterocycles. The number of hydrogen-bond donors (Lipinski definition) is 2. The summed E-state index contributed by atoms with van der Waals surface area (Å²) in [5.74, 6) is 0. The van der Waals surface area contributed by atoms with Gasteiger partial charge in [-0.25, -0.2) is 15.0 Å². The molecule has 10 aromatic carbocycles. The number of likely N-dealkylation sites (tertiary alicyclic amines) is 1. The summed E-state index contributed by atoms with van der Waals surface area (Å²) in [4.78, 5) is 55.9. The number of H-pyrrole nitrogens is 2. The monoisotopic (exact) mass is 1800 g/mol. The molecule has 0 amide bonds. The molecular weight excluding hydrogens is 1650 g/mol. The van der Waals surface area contributed by atoms with Gasteiger partial charge in [-0.15, -0.1) is 22.7 Å². The van der Waals surface area contributed by atoms with E-state index in [1.165, 1.54) is 193 Å². The van der Waals surface area contributed by atoms with E-state index >= 15 is 0 Å². The Balaban J connectivity index is 0.000000484. The Hall–Kier alpha value is -12.3. The number of furan rings is 1. The van der Waals surface area contributed by atoms with E-state index in [-0.39, 0.29) is 16.7 Å². The molecule has 1 aliphatic carbocycles. The largest absolute Gasteiger partial charge is 0.456 e. The zero-order valence-corrected chi connectivity index (χ0v) is 86.2. The highest BCUT2D eigenvalue weighted by Crippen LogP contribution is 2.36. The van der Waals surface area contributed by atoms with Crippen LogP contribution in [0.3, 0.4) is 0 Å². The Bertz CT molecular complexity index is 6240. The highest BCUT2D eigenvalue weighted by Gasteiger charge is 2.11. The third kappa shape index (κ3) is 35.8. The normalized spacial score (nSPS) is 10.6. The van der Waals surface area contributed by atoms with Gasteiger partial charge in [-0.2, -0.15) is 5.10 Å². The summed E-state index contributed by atoms with van der Waals surface area (Å²) >= 11 is 3.32. The lowest BCUT2D eigenvalue weighted by molar-refractivity contribution is 0.418. The van der Waals surface area contributed by atoms with Gasteiger partial charge in [0.25, 0.3) is 16.7 Å². The van der Waals surface area contributed by atoms with Crippen LogP contribution in [0, 0.1) is 41.5 Å². The summed E-state index contributed by atoms with van der Waals surface area (Å²) in [6.07, 6.45) is 18.1. The number of thiophene rings is 2. The fourth-order valence-electron chi connectivity index (χ4n) is 13.2. The van der Waals surface area contributed by atoms with Gasteiger partial charge in [-0.1, -0.05) is 331 Å². The number of aryl methyl sites for hydroxylation is 11. The number of fused-ring (bicyclic) bond motifs is 13. The summed E-state index contributed by atoms with van der Waals surface area (Å²) in [5, 5.41) is 21.0. The predicted octanol–water partition coefficient (Wildman–Crippen LogP) is 31.9. The molecule has 700 valence electrons. The highest BCUT2D eigenvalue weighted by molar-refractivity contribution is 7.26. The fourth-order valence-corrected chi connectivity index (χ4v) is 15.2. The molecule has 0 spiro atoms.